The van der Waals surface area contributed by atoms with Crippen LogP contribution in [-0.4, -0.2) is 51.6 Å². The Bertz CT molecular complexity index is 933. The van der Waals surface area contributed by atoms with Crippen molar-refractivity contribution in [1.29, 1.82) is 0 Å². The Hall–Kier alpha value is -2.58. The molecule has 7 nitrogen and oxygen atoms in total. The van der Waals surface area contributed by atoms with Gasteiger partial charge < -0.3 is 14.4 Å². The zero-order valence-corrected chi connectivity index (χ0v) is 16.9. The number of rotatable bonds is 5. The van der Waals surface area contributed by atoms with E-state index in [1.165, 1.54) is 31.4 Å². The number of anilines is 1. The number of hydrogen-bond donors (Lipinski definition) is 1. The molecule has 1 amide bonds. The van der Waals surface area contributed by atoms with Gasteiger partial charge in [-0.25, -0.2) is 8.42 Å². The Morgan fingerprint density at radius 2 is 1.68 bits per heavy atom. The highest BCUT2D eigenvalue weighted by molar-refractivity contribution is 7.92. The molecule has 150 valence electrons. The molecule has 0 bridgehead atoms. The van der Waals surface area contributed by atoms with Crippen molar-refractivity contribution in [2.75, 3.05) is 24.9 Å². The molecule has 0 unspecified atom stereocenters. The molecule has 1 saturated heterocycles. The first-order valence-corrected chi connectivity index (χ1v) is 10.5. The second-order valence-electron chi connectivity index (χ2n) is 6.80. The third-order valence-electron chi connectivity index (χ3n) is 4.47. The van der Waals surface area contributed by atoms with Crippen LogP contribution in [0.4, 0.5) is 5.69 Å². The lowest BCUT2D eigenvalue weighted by atomic mass is 10.1. The zero-order chi connectivity index (χ0) is 20.3. The van der Waals surface area contributed by atoms with Crippen LogP contribution in [0.3, 0.4) is 0 Å². The third-order valence-corrected chi connectivity index (χ3v) is 5.85. The summed E-state index contributed by atoms with van der Waals surface area (Å²) >= 11 is 0. The van der Waals surface area contributed by atoms with E-state index in [0.29, 0.717) is 30.1 Å². The van der Waals surface area contributed by atoms with E-state index in [9.17, 15) is 13.2 Å². The van der Waals surface area contributed by atoms with Gasteiger partial charge >= 0.3 is 0 Å². The van der Waals surface area contributed by atoms with Crippen molar-refractivity contribution in [3.8, 4) is 5.75 Å². The van der Waals surface area contributed by atoms with E-state index in [0.717, 1.165) is 0 Å². The fourth-order valence-corrected chi connectivity index (χ4v) is 4.31. The molecule has 2 aromatic carbocycles. The quantitative estimate of drug-likeness (QED) is 0.828. The van der Waals surface area contributed by atoms with Crippen molar-refractivity contribution >= 4 is 21.6 Å². The fraction of sp³-hybridized carbons (Fsp3) is 0.350. The van der Waals surface area contributed by atoms with Gasteiger partial charge in [-0.05, 0) is 50.2 Å². The maximum atomic E-state index is 12.7. The van der Waals surface area contributed by atoms with Gasteiger partial charge in [-0.1, -0.05) is 12.1 Å². The normalized spacial score (nSPS) is 19.9. The van der Waals surface area contributed by atoms with E-state index in [-0.39, 0.29) is 23.0 Å². The molecule has 0 saturated carbocycles. The first-order chi connectivity index (χ1) is 13.3. The van der Waals surface area contributed by atoms with Crippen LogP contribution in [0.15, 0.2) is 53.4 Å². The maximum Gasteiger partial charge on any atom is 0.262 e. The van der Waals surface area contributed by atoms with Gasteiger partial charge in [-0.3, -0.25) is 9.52 Å². The van der Waals surface area contributed by atoms with Crippen molar-refractivity contribution in [3.63, 3.8) is 0 Å². The minimum Gasteiger partial charge on any atom is -0.495 e. The molecule has 0 radical (unpaired) electrons. The van der Waals surface area contributed by atoms with E-state index >= 15 is 0 Å². The van der Waals surface area contributed by atoms with Gasteiger partial charge in [0.25, 0.3) is 15.9 Å². The predicted molar refractivity (Wildman–Crippen MR) is 106 cm³/mol. The molecule has 3 rings (SSSR count). The number of ether oxygens (including phenoxy) is 2. The Balaban J connectivity index is 1.77. The third kappa shape index (κ3) is 4.45. The van der Waals surface area contributed by atoms with Gasteiger partial charge in [0.15, 0.2) is 0 Å². The number of nitrogens with zero attached hydrogens (tertiary/aromatic N) is 1. The summed E-state index contributed by atoms with van der Waals surface area (Å²) in [6.45, 7) is 4.88. The summed E-state index contributed by atoms with van der Waals surface area (Å²) in [7, 11) is -2.33. The molecular formula is C20H24N2O5S. The van der Waals surface area contributed by atoms with Crippen LogP contribution in [0.1, 0.15) is 24.2 Å². The van der Waals surface area contributed by atoms with E-state index in [4.69, 9.17) is 9.47 Å². The van der Waals surface area contributed by atoms with Crippen LogP contribution in [0.5, 0.6) is 5.75 Å². The second-order valence-corrected chi connectivity index (χ2v) is 8.48. The molecule has 0 aromatic heterocycles. The van der Waals surface area contributed by atoms with E-state index in [1.807, 2.05) is 13.8 Å². The van der Waals surface area contributed by atoms with Crippen LogP contribution < -0.4 is 9.46 Å². The van der Waals surface area contributed by atoms with Crippen molar-refractivity contribution in [2.45, 2.75) is 31.0 Å². The molecule has 1 heterocycles. The highest BCUT2D eigenvalue weighted by Crippen LogP contribution is 2.26. The topological polar surface area (TPSA) is 84.9 Å². The largest absolute Gasteiger partial charge is 0.495 e. The Labute approximate surface area is 165 Å². The summed E-state index contributed by atoms with van der Waals surface area (Å²) in [5, 5.41) is 0. The molecule has 0 aliphatic carbocycles. The van der Waals surface area contributed by atoms with Gasteiger partial charge in [-0.2, -0.15) is 0 Å². The molecule has 0 spiro atoms. The highest BCUT2D eigenvalue weighted by Gasteiger charge is 2.27. The number of hydrogen-bond acceptors (Lipinski definition) is 5. The standard InChI is InChI=1S/C20H24N2O5S/c1-14-12-22(13-15(2)27-14)20(23)16-8-10-17(11-9-16)28(24,25)21-18-6-4-5-7-19(18)26-3/h4-11,14-15,21H,12-13H2,1-3H3/t14-,15-/m1/s1. The molecule has 1 N–H and O–H groups in total. The minimum atomic E-state index is -3.81. The Kier molecular flexibility index (Phi) is 5.90. The van der Waals surface area contributed by atoms with Gasteiger partial charge in [-0.15, -0.1) is 0 Å². The predicted octanol–water partition coefficient (Wildman–Crippen LogP) is 2.75. The van der Waals surface area contributed by atoms with Crippen LogP contribution in [-0.2, 0) is 14.8 Å². The van der Waals surface area contributed by atoms with Crippen LogP contribution >= 0.6 is 0 Å². The van der Waals surface area contributed by atoms with Crippen molar-refractivity contribution < 1.29 is 22.7 Å². The number of methoxy groups -OCH3 is 1. The number of nitrogens with one attached hydrogen (secondary N) is 1. The van der Waals surface area contributed by atoms with Gasteiger partial charge in [0.05, 0.1) is 29.9 Å². The lowest BCUT2D eigenvalue weighted by Gasteiger charge is -2.35. The number of amides is 1. The monoisotopic (exact) mass is 404 g/mol. The molecular weight excluding hydrogens is 380 g/mol. The SMILES string of the molecule is COc1ccccc1NS(=O)(=O)c1ccc(C(=O)N2C[C@@H](C)O[C@H](C)C2)cc1. The minimum absolute atomic E-state index is 0.0302. The van der Waals surface area contributed by atoms with Crippen LogP contribution in [0.25, 0.3) is 0 Å². The number of sulfonamides is 1. The average molecular weight is 404 g/mol. The molecule has 1 aliphatic rings. The molecule has 2 atom stereocenters. The summed E-state index contributed by atoms with van der Waals surface area (Å²) in [6.07, 6.45) is -0.0604. The summed E-state index contributed by atoms with van der Waals surface area (Å²) in [5.74, 6) is 0.289. The van der Waals surface area contributed by atoms with Gasteiger partial charge in [0.1, 0.15) is 5.75 Å². The molecule has 1 fully saturated rings. The first-order valence-electron chi connectivity index (χ1n) is 9.01. The summed E-state index contributed by atoms with van der Waals surface area (Å²) in [4.78, 5) is 14.5. The fourth-order valence-electron chi connectivity index (χ4n) is 3.24. The van der Waals surface area contributed by atoms with E-state index in [2.05, 4.69) is 4.72 Å². The van der Waals surface area contributed by atoms with E-state index < -0.39 is 10.0 Å². The number of benzene rings is 2. The molecule has 8 heteroatoms. The smallest absolute Gasteiger partial charge is 0.262 e. The number of morpholine rings is 1. The maximum absolute atomic E-state index is 12.7. The van der Waals surface area contributed by atoms with Crippen LogP contribution in [0, 0.1) is 0 Å². The van der Waals surface area contributed by atoms with Crippen molar-refractivity contribution in [1.82, 2.24) is 4.90 Å². The molecule has 2 aromatic rings. The van der Waals surface area contributed by atoms with Gasteiger partial charge in [0, 0.05) is 18.7 Å². The first kappa shape index (κ1) is 20.2. The van der Waals surface area contributed by atoms with Crippen molar-refractivity contribution in [2.24, 2.45) is 0 Å². The summed E-state index contributed by atoms with van der Waals surface area (Å²) < 4.78 is 38.7. The van der Waals surface area contributed by atoms with Gasteiger partial charge in [0.2, 0.25) is 0 Å². The molecule has 28 heavy (non-hydrogen) atoms. The summed E-state index contributed by atoms with van der Waals surface area (Å²) in [6, 6.07) is 12.7. The Morgan fingerprint density at radius 3 is 2.29 bits per heavy atom. The Morgan fingerprint density at radius 1 is 1.07 bits per heavy atom. The van der Waals surface area contributed by atoms with Crippen molar-refractivity contribution in [3.05, 3.63) is 54.1 Å². The van der Waals surface area contributed by atoms with Crippen LogP contribution in [0.2, 0.25) is 0 Å². The number of carbonyl (C=O) groups excluding carboxylic acids is 1. The lowest BCUT2D eigenvalue weighted by Crippen LogP contribution is -2.48. The second kappa shape index (κ2) is 8.20. The van der Waals surface area contributed by atoms with E-state index in [1.54, 1.807) is 29.2 Å². The number of carbonyl (C=O) groups is 1. The lowest BCUT2D eigenvalue weighted by molar-refractivity contribution is -0.0586. The highest BCUT2D eigenvalue weighted by atomic mass is 32.2. The zero-order valence-electron chi connectivity index (χ0n) is 16.1. The number of para-hydroxylation sites is 2. The average Bonchev–Trinajstić information content (AvgIpc) is 2.67. The summed E-state index contributed by atoms with van der Waals surface area (Å²) in [5.41, 5.74) is 0.791. The molecule has 1 aliphatic heterocycles.